The Kier molecular flexibility index (Phi) is 15.2. The molecule has 1 aromatic rings. The lowest BCUT2D eigenvalue weighted by Gasteiger charge is -2.19. The Labute approximate surface area is 198 Å². The van der Waals surface area contributed by atoms with Gasteiger partial charge in [-0.1, -0.05) is 97.3 Å². The highest BCUT2D eigenvalue weighted by atomic mass is 16.6. The first-order valence-corrected chi connectivity index (χ1v) is 13.2. The van der Waals surface area contributed by atoms with Gasteiger partial charge in [-0.05, 0) is 57.4 Å². The molecule has 1 aromatic carbocycles. The Morgan fingerprint density at radius 1 is 0.719 bits per heavy atom. The van der Waals surface area contributed by atoms with Crippen LogP contribution >= 0.6 is 0 Å². The van der Waals surface area contributed by atoms with E-state index in [9.17, 15) is 4.79 Å². The number of esters is 1. The number of rotatable bonds is 18. The van der Waals surface area contributed by atoms with Gasteiger partial charge in [0.25, 0.3) is 0 Å². The van der Waals surface area contributed by atoms with E-state index in [1.54, 1.807) is 12.1 Å². The van der Waals surface area contributed by atoms with Gasteiger partial charge in [0.2, 0.25) is 0 Å². The molecule has 0 N–H and O–H groups in total. The van der Waals surface area contributed by atoms with Crippen LogP contribution in [0.4, 0.5) is 0 Å². The predicted molar refractivity (Wildman–Crippen MR) is 137 cm³/mol. The van der Waals surface area contributed by atoms with Gasteiger partial charge in [-0.2, -0.15) is 0 Å². The monoisotopic (exact) mass is 446 g/mol. The lowest BCUT2D eigenvalue weighted by Crippen LogP contribution is -2.23. The fourth-order valence-electron chi connectivity index (χ4n) is 3.81. The molecule has 0 unspecified atom stereocenters. The van der Waals surface area contributed by atoms with E-state index in [-0.39, 0.29) is 5.97 Å². The quantitative estimate of drug-likeness (QED) is 0.166. The van der Waals surface area contributed by atoms with E-state index >= 15 is 0 Å². The van der Waals surface area contributed by atoms with Crippen LogP contribution in [0.25, 0.3) is 0 Å². The van der Waals surface area contributed by atoms with E-state index in [4.69, 9.17) is 9.47 Å². The summed E-state index contributed by atoms with van der Waals surface area (Å²) in [7, 11) is 0. The molecule has 0 saturated carbocycles. The minimum Gasteiger partial charge on any atom is -0.494 e. The summed E-state index contributed by atoms with van der Waals surface area (Å²) in [6.07, 6.45) is 19.1. The summed E-state index contributed by atoms with van der Waals surface area (Å²) in [5.41, 5.74) is 0.0905. The second kappa shape index (κ2) is 17.0. The Morgan fingerprint density at radius 3 is 1.59 bits per heavy atom. The van der Waals surface area contributed by atoms with Crippen molar-refractivity contribution in [3.8, 4) is 5.75 Å². The highest BCUT2D eigenvalue weighted by Gasteiger charge is 2.17. The molecule has 3 nitrogen and oxygen atoms in total. The molecule has 184 valence electrons. The number of carbonyl (C=O) groups excluding carboxylic acids is 1. The molecule has 3 heteroatoms. The summed E-state index contributed by atoms with van der Waals surface area (Å²) in [5.74, 6) is 1.39. The molecule has 0 saturated heterocycles. The molecular weight excluding hydrogens is 396 g/mol. The van der Waals surface area contributed by atoms with Crippen LogP contribution < -0.4 is 4.74 Å². The van der Waals surface area contributed by atoms with Gasteiger partial charge in [0.1, 0.15) is 11.4 Å². The van der Waals surface area contributed by atoms with Gasteiger partial charge < -0.3 is 9.47 Å². The van der Waals surface area contributed by atoms with Crippen molar-refractivity contribution >= 4 is 5.97 Å². The van der Waals surface area contributed by atoms with Gasteiger partial charge in [0.05, 0.1) is 12.2 Å². The third-order valence-corrected chi connectivity index (χ3v) is 5.68. The maximum atomic E-state index is 12.0. The van der Waals surface area contributed by atoms with Crippen molar-refractivity contribution in [1.29, 1.82) is 0 Å². The number of unbranched alkanes of at least 4 members (excludes halogenated alkanes) is 12. The van der Waals surface area contributed by atoms with Crippen LogP contribution in [0.5, 0.6) is 5.75 Å². The van der Waals surface area contributed by atoms with Crippen molar-refractivity contribution < 1.29 is 14.3 Å². The first kappa shape index (κ1) is 28.5. The van der Waals surface area contributed by atoms with Crippen molar-refractivity contribution in [2.24, 2.45) is 5.92 Å². The van der Waals surface area contributed by atoms with E-state index in [1.165, 1.54) is 83.5 Å². The molecule has 0 fully saturated rings. The number of benzene rings is 1. The summed E-state index contributed by atoms with van der Waals surface area (Å²) in [5, 5.41) is 0. The van der Waals surface area contributed by atoms with Crippen molar-refractivity contribution in [3.05, 3.63) is 29.8 Å². The maximum Gasteiger partial charge on any atom is 0.338 e. The summed E-state index contributed by atoms with van der Waals surface area (Å²) >= 11 is 0. The summed E-state index contributed by atoms with van der Waals surface area (Å²) < 4.78 is 11.2. The van der Waals surface area contributed by atoms with Gasteiger partial charge in [-0.3, -0.25) is 0 Å². The first-order chi connectivity index (χ1) is 15.3. The zero-order valence-corrected chi connectivity index (χ0v) is 21.7. The van der Waals surface area contributed by atoms with Gasteiger partial charge in [-0.15, -0.1) is 0 Å². The second-order valence-corrected chi connectivity index (χ2v) is 10.7. The standard InChI is InChI=1S/C29H50O3/c1-25(2)19-17-15-13-11-9-7-6-8-10-12-14-16-18-24-31-27-22-20-26(21-23-27)28(30)32-29(3,4)5/h20-23,25H,6-19,24H2,1-5H3. The van der Waals surface area contributed by atoms with Crippen LogP contribution in [0.2, 0.25) is 0 Å². The van der Waals surface area contributed by atoms with E-state index in [0.29, 0.717) is 5.56 Å². The minimum atomic E-state index is -0.473. The molecule has 0 bridgehead atoms. The molecule has 0 aliphatic carbocycles. The number of hydrogen-bond donors (Lipinski definition) is 0. The van der Waals surface area contributed by atoms with Crippen molar-refractivity contribution in [2.75, 3.05) is 6.61 Å². The van der Waals surface area contributed by atoms with Crippen LogP contribution in [0, 0.1) is 5.92 Å². The highest BCUT2D eigenvalue weighted by molar-refractivity contribution is 5.89. The van der Waals surface area contributed by atoms with Gasteiger partial charge in [-0.25, -0.2) is 4.79 Å². The molecule has 0 aliphatic rings. The van der Waals surface area contributed by atoms with Crippen molar-refractivity contribution in [2.45, 2.75) is 130 Å². The molecule has 0 radical (unpaired) electrons. The molecule has 0 heterocycles. The average Bonchev–Trinajstić information content (AvgIpc) is 2.72. The van der Waals surface area contributed by atoms with Crippen LogP contribution in [0.15, 0.2) is 24.3 Å². The van der Waals surface area contributed by atoms with E-state index in [2.05, 4.69) is 13.8 Å². The fraction of sp³-hybridized carbons (Fsp3) is 0.759. The Bertz CT molecular complexity index is 583. The SMILES string of the molecule is CC(C)CCCCCCCCCCCCCCCOc1ccc(C(=O)OC(C)(C)C)cc1. The van der Waals surface area contributed by atoms with Crippen molar-refractivity contribution in [3.63, 3.8) is 0 Å². The molecule has 0 amide bonds. The lowest BCUT2D eigenvalue weighted by molar-refractivity contribution is 0.00695. The Morgan fingerprint density at radius 2 is 1.16 bits per heavy atom. The third-order valence-electron chi connectivity index (χ3n) is 5.68. The average molecular weight is 447 g/mol. The third kappa shape index (κ3) is 16.2. The minimum absolute atomic E-state index is 0.291. The zero-order valence-electron chi connectivity index (χ0n) is 21.7. The normalized spacial score (nSPS) is 11.7. The highest BCUT2D eigenvalue weighted by Crippen LogP contribution is 2.17. The summed E-state index contributed by atoms with van der Waals surface area (Å²) in [6, 6.07) is 7.25. The Balaban J connectivity index is 1.91. The molecule has 32 heavy (non-hydrogen) atoms. The summed E-state index contributed by atoms with van der Waals surface area (Å²) in [6.45, 7) is 11.0. The van der Waals surface area contributed by atoms with Crippen LogP contribution in [-0.4, -0.2) is 18.2 Å². The van der Waals surface area contributed by atoms with Gasteiger partial charge >= 0.3 is 5.97 Å². The topological polar surface area (TPSA) is 35.5 Å². The predicted octanol–water partition coefficient (Wildman–Crippen LogP) is 9.14. The molecule has 0 aromatic heterocycles. The first-order valence-electron chi connectivity index (χ1n) is 13.2. The van der Waals surface area contributed by atoms with E-state index in [1.807, 2.05) is 32.9 Å². The number of carbonyl (C=O) groups is 1. The lowest BCUT2D eigenvalue weighted by atomic mass is 10.0. The van der Waals surface area contributed by atoms with Crippen LogP contribution in [-0.2, 0) is 4.74 Å². The summed E-state index contributed by atoms with van der Waals surface area (Å²) in [4.78, 5) is 12.0. The van der Waals surface area contributed by atoms with E-state index < -0.39 is 5.60 Å². The zero-order chi connectivity index (χ0) is 23.7. The fourth-order valence-corrected chi connectivity index (χ4v) is 3.81. The maximum absolute atomic E-state index is 12.0. The number of ether oxygens (including phenoxy) is 2. The van der Waals surface area contributed by atoms with E-state index in [0.717, 1.165) is 24.7 Å². The molecule has 0 spiro atoms. The molecule has 1 rings (SSSR count). The van der Waals surface area contributed by atoms with Crippen molar-refractivity contribution in [1.82, 2.24) is 0 Å². The smallest absolute Gasteiger partial charge is 0.338 e. The largest absolute Gasteiger partial charge is 0.494 e. The number of hydrogen-bond acceptors (Lipinski definition) is 3. The molecular formula is C29H50O3. The second-order valence-electron chi connectivity index (χ2n) is 10.7. The van der Waals surface area contributed by atoms with Crippen LogP contribution in [0.1, 0.15) is 135 Å². The Hall–Kier alpha value is -1.51. The van der Waals surface area contributed by atoms with Gasteiger partial charge in [0.15, 0.2) is 0 Å². The molecule has 0 aliphatic heterocycles. The van der Waals surface area contributed by atoms with Gasteiger partial charge in [0, 0.05) is 0 Å². The molecule has 0 atom stereocenters. The van der Waals surface area contributed by atoms with Crippen LogP contribution in [0.3, 0.4) is 0 Å².